The first-order valence-electron chi connectivity index (χ1n) is 7.73. The van der Waals surface area contributed by atoms with E-state index in [1.165, 1.54) is 11.5 Å². The van der Waals surface area contributed by atoms with Crippen LogP contribution in [0.5, 0.6) is 0 Å². The molecule has 2 aliphatic rings. The maximum absolute atomic E-state index is 12.6. The van der Waals surface area contributed by atoms with E-state index in [-0.39, 0.29) is 5.92 Å². The lowest BCUT2D eigenvalue weighted by Crippen LogP contribution is -2.51. The monoisotopic (exact) mass is 309 g/mol. The van der Waals surface area contributed by atoms with Crippen molar-refractivity contribution in [2.45, 2.75) is 26.2 Å². The molecule has 1 aromatic rings. The van der Waals surface area contributed by atoms with E-state index in [2.05, 4.69) is 14.3 Å². The van der Waals surface area contributed by atoms with Crippen LogP contribution in [0.2, 0.25) is 0 Å². The highest BCUT2D eigenvalue weighted by molar-refractivity contribution is 7.09. The average molecular weight is 309 g/mol. The number of piperazine rings is 1. The number of aromatic nitrogens is 2. The number of rotatable bonds is 3. The minimum atomic E-state index is 0.158. The summed E-state index contributed by atoms with van der Waals surface area (Å²) in [6.45, 7) is 5.81. The molecule has 21 heavy (non-hydrogen) atoms. The van der Waals surface area contributed by atoms with Crippen LogP contribution in [0.4, 0.5) is 5.13 Å². The smallest absolute Gasteiger partial charge is 0.226 e. The summed E-state index contributed by atoms with van der Waals surface area (Å²) >= 11 is 1.44. The summed E-state index contributed by atoms with van der Waals surface area (Å²) in [5.74, 6) is 1.69. The highest BCUT2D eigenvalue weighted by Gasteiger charge is 2.35. The van der Waals surface area contributed by atoms with E-state index < -0.39 is 0 Å². The van der Waals surface area contributed by atoms with Crippen LogP contribution in [-0.4, -0.2) is 52.9 Å². The summed E-state index contributed by atoms with van der Waals surface area (Å²) in [4.78, 5) is 21.3. The van der Waals surface area contributed by atoms with E-state index in [4.69, 9.17) is 5.73 Å². The fraction of sp³-hybridized carbons (Fsp3) is 0.786. The third-order valence-corrected chi connectivity index (χ3v) is 5.53. The van der Waals surface area contributed by atoms with Crippen LogP contribution in [0.15, 0.2) is 0 Å². The first kappa shape index (κ1) is 14.7. The van der Waals surface area contributed by atoms with Crippen LogP contribution in [0.1, 0.15) is 25.1 Å². The molecular weight excluding hydrogens is 286 g/mol. The molecule has 0 unspecified atom stereocenters. The second-order valence-corrected chi connectivity index (χ2v) is 6.70. The molecule has 1 aromatic heterocycles. The predicted octanol–water partition coefficient (Wildman–Crippen LogP) is 0.870. The topological polar surface area (TPSA) is 75.4 Å². The molecule has 2 atom stereocenters. The molecule has 0 aromatic carbocycles. The highest BCUT2D eigenvalue weighted by Crippen LogP contribution is 2.32. The molecule has 0 radical (unpaired) electrons. The number of amides is 1. The lowest BCUT2D eigenvalue weighted by atomic mass is 9.94. The normalized spacial score (nSPS) is 26.4. The number of nitrogens with zero attached hydrogens (tertiary/aromatic N) is 4. The fourth-order valence-corrected chi connectivity index (χ4v) is 4.14. The van der Waals surface area contributed by atoms with Crippen molar-refractivity contribution in [3.05, 3.63) is 5.82 Å². The van der Waals surface area contributed by atoms with Gasteiger partial charge < -0.3 is 15.5 Å². The van der Waals surface area contributed by atoms with Gasteiger partial charge in [-0.2, -0.15) is 4.37 Å². The SMILES string of the molecule is Cc1nsc(N2CCN(C(=O)[C@@H]3CCC[C@@H]3CN)CC2)n1. The number of anilines is 1. The molecule has 7 heteroatoms. The lowest BCUT2D eigenvalue weighted by molar-refractivity contribution is -0.136. The van der Waals surface area contributed by atoms with Gasteiger partial charge in [-0.15, -0.1) is 0 Å². The Morgan fingerprint density at radius 2 is 2.10 bits per heavy atom. The first-order valence-corrected chi connectivity index (χ1v) is 8.50. The van der Waals surface area contributed by atoms with Gasteiger partial charge in [0.2, 0.25) is 11.0 Å². The largest absolute Gasteiger partial charge is 0.343 e. The van der Waals surface area contributed by atoms with Gasteiger partial charge in [-0.25, -0.2) is 4.98 Å². The van der Waals surface area contributed by atoms with Crippen molar-refractivity contribution in [2.75, 3.05) is 37.6 Å². The molecule has 2 fully saturated rings. The van der Waals surface area contributed by atoms with Gasteiger partial charge in [0, 0.05) is 43.6 Å². The third-order valence-electron chi connectivity index (χ3n) is 4.66. The molecule has 1 aliphatic carbocycles. The Morgan fingerprint density at radius 3 is 2.71 bits per heavy atom. The summed E-state index contributed by atoms with van der Waals surface area (Å²) < 4.78 is 4.22. The highest BCUT2D eigenvalue weighted by atomic mass is 32.1. The molecule has 1 amide bonds. The fourth-order valence-electron chi connectivity index (χ4n) is 3.41. The predicted molar refractivity (Wildman–Crippen MR) is 83.3 cm³/mol. The maximum Gasteiger partial charge on any atom is 0.226 e. The summed E-state index contributed by atoms with van der Waals surface area (Å²) in [6, 6.07) is 0. The Balaban J connectivity index is 1.57. The zero-order valence-electron chi connectivity index (χ0n) is 12.5. The van der Waals surface area contributed by atoms with Crippen molar-refractivity contribution in [3.63, 3.8) is 0 Å². The Kier molecular flexibility index (Phi) is 4.40. The molecule has 1 saturated carbocycles. The van der Waals surface area contributed by atoms with Gasteiger partial charge in [0.05, 0.1) is 0 Å². The van der Waals surface area contributed by atoms with Crippen molar-refractivity contribution >= 4 is 22.6 Å². The van der Waals surface area contributed by atoms with E-state index in [1.54, 1.807) is 0 Å². The van der Waals surface area contributed by atoms with Crippen LogP contribution >= 0.6 is 11.5 Å². The van der Waals surface area contributed by atoms with Crippen LogP contribution < -0.4 is 10.6 Å². The number of aryl methyl sites for hydroxylation is 1. The number of nitrogens with two attached hydrogens (primary N) is 1. The molecular formula is C14H23N5OS. The molecule has 1 saturated heterocycles. The zero-order chi connectivity index (χ0) is 14.8. The third kappa shape index (κ3) is 3.03. The second kappa shape index (κ2) is 6.27. The lowest BCUT2D eigenvalue weighted by Gasteiger charge is -2.36. The number of hydrogen-bond donors (Lipinski definition) is 1. The van der Waals surface area contributed by atoms with Crippen LogP contribution in [-0.2, 0) is 4.79 Å². The molecule has 2 heterocycles. The van der Waals surface area contributed by atoms with Crippen LogP contribution in [0, 0.1) is 18.8 Å². The zero-order valence-corrected chi connectivity index (χ0v) is 13.3. The van der Waals surface area contributed by atoms with Crippen molar-refractivity contribution in [1.29, 1.82) is 0 Å². The van der Waals surface area contributed by atoms with Crippen LogP contribution in [0.3, 0.4) is 0 Å². The summed E-state index contributed by atoms with van der Waals surface area (Å²) in [5.41, 5.74) is 5.80. The van der Waals surface area contributed by atoms with Gasteiger partial charge in [-0.3, -0.25) is 4.79 Å². The number of carbonyl (C=O) groups excluding carboxylic acids is 1. The van der Waals surface area contributed by atoms with Gasteiger partial charge in [0.1, 0.15) is 5.82 Å². The Morgan fingerprint density at radius 1 is 1.33 bits per heavy atom. The van der Waals surface area contributed by atoms with E-state index >= 15 is 0 Å². The van der Waals surface area contributed by atoms with E-state index in [0.29, 0.717) is 18.4 Å². The van der Waals surface area contributed by atoms with E-state index in [0.717, 1.165) is 56.4 Å². The first-order chi connectivity index (χ1) is 10.2. The second-order valence-electron chi connectivity index (χ2n) is 5.97. The molecule has 1 aliphatic heterocycles. The molecule has 116 valence electrons. The molecule has 0 bridgehead atoms. The number of hydrogen-bond acceptors (Lipinski definition) is 6. The van der Waals surface area contributed by atoms with Gasteiger partial charge >= 0.3 is 0 Å². The van der Waals surface area contributed by atoms with Crippen LogP contribution in [0.25, 0.3) is 0 Å². The average Bonchev–Trinajstić information content (AvgIpc) is 3.15. The standard InChI is InChI=1S/C14H23N5OS/c1-10-16-14(21-17-10)19-7-5-18(6-8-19)13(20)12-4-2-3-11(12)9-15/h11-12H,2-9,15H2,1H3/t11-,12-/m1/s1. The van der Waals surface area contributed by atoms with Gasteiger partial charge in [-0.1, -0.05) is 6.42 Å². The van der Waals surface area contributed by atoms with E-state index in [9.17, 15) is 4.79 Å². The van der Waals surface area contributed by atoms with Crippen molar-refractivity contribution in [3.8, 4) is 0 Å². The van der Waals surface area contributed by atoms with Crippen molar-refractivity contribution in [2.24, 2.45) is 17.6 Å². The van der Waals surface area contributed by atoms with Crippen molar-refractivity contribution in [1.82, 2.24) is 14.3 Å². The molecule has 2 N–H and O–H groups in total. The Labute approximate surface area is 129 Å². The summed E-state index contributed by atoms with van der Waals surface area (Å²) in [5, 5.41) is 0.973. The minimum absolute atomic E-state index is 0.158. The van der Waals surface area contributed by atoms with Gasteiger partial charge in [0.25, 0.3) is 0 Å². The minimum Gasteiger partial charge on any atom is -0.343 e. The van der Waals surface area contributed by atoms with E-state index in [1.807, 2.05) is 11.8 Å². The Hall–Kier alpha value is -1.21. The van der Waals surface area contributed by atoms with Gasteiger partial charge in [0.15, 0.2) is 0 Å². The van der Waals surface area contributed by atoms with Crippen molar-refractivity contribution < 1.29 is 4.79 Å². The molecule has 3 rings (SSSR count). The molecule has 0 spiro atoms. The Bertz CT molecular complexity index is 497. The molecule has 6 nitrogen and oxygen atoms in total. The summed E-state index contributed by atoms with van der Waals surface area (Å²) in [7, 11) is 0. The quantitative estimate of drug-likeness (QED) is 0.896. The maximum atomic E-state index is 12.6. The number of carbonyl (C=O) groups is 1. The summed E-state index contributed by atoms with van der Waals surface area (Å²) in [6.07, 6.45) is 3.26. The van der Waals surface area contributed by atoms with Gasteiger partial charge in [-0.05, 0) is 32.2 Å².